The van der Waals surface area contributed by atoms with Crippen molar-refractivity contribution >= 4 is 5.69 Å². The number of rotatable bonds is 3. The topological polar surface area (TPSA) is 55.1 Å². The molecule has 1 aromatic carbocycles. The summed E-state index contributed by atoms with van der Waals surface area (Å²) in [6.07, 6.45) is 0. The molecule has 1 saturated heterocycles. The molecule has 0 atom stereocenters. The molecule has 0 radical (unpaired) electrons. The van der Waals surface area contributed by atoms with Gasteiger partial charge in [0.05, 0.1) is 11.7 Å². The Morgan fingerprint density at radius 3 is 2.23 bits per heavy atom. The highest BCUT2D eigenvalue weighted by molar-refractivity contribution is 5.51. The van der Waals surface area contributed by atoms with Crippen LogP contribution in [0, 0.1) is 6.92 Å². The van der Waals surface area contributed by atoms with Crippen LogP contribution in [0.2, 0.25) is 0 Å². The first-order valence-electron chi connectivity index (χ1n) is 7.82. The predicted molar refractivity (Wildman–Crippen MR) is 88.0 cm³/mol. The molecular formula is C16H23N5O. The van der Waals surface area contributed by atoms with Gasteiger partial charge in [-0.3, -0.25) is 0 Å². The monoisotopic (exact) mass is 301 g/mol. The van der Waals surface area contributed by atoms with E-state index >= 15 is 0 Å². The molecule has 1 aliphatic rings. The van der Waals surface area contributed by atoms with Crippen LogP contribution in [0.5, 0.6) is 0 Å². The quantitative estimate of drug-likeness (QED) is 0.929. The summed E-state index contributed by atoms with van der Waals surface area (Å²) in [6.45, 7) is 9.86. The zero-order chi connectivity index (χ0) is 15.7. The average Bonchev–Trinajstić information content (AvgIpc) is 2.83. The maximum atomic E-state index is 12.5. The minimum Gasteiger partial charge on any atom is -0.369 e. The Hall–Kier alpha value is -2.08. The van der Waals surface area contributed by atoms with Gasteiger partial charge in [-0.25, -0.2) is 14.0 Å². The minimum atomic E-state index is -0.0811. The Balaban J connectivity index is 1.91. The fourth-order valence-corrected chi connectivity index (χ4v) is 2.85. The van der Waals surface area contributed by atoms with Crippen LogP contribution in [0.3, 0.4) is 0 Å². The van der Waals surface area contributed by atoms with Gasteiger partial charge in [0.1, 0.15) is 5.82 Å². The van der Waals surface area contributed by atoms with Gasteiger partial charge in [0.15, 0.2) is 0 Å². The van der Waals surface area contributed by atoms with Crippen LogP contribution in [-0.2, 0) is 0 Å². The third-order valence-electron chi connectivity index (χ3n) is 4.04. The summed E-state index contributed by atoms with van der Waals surface area (Å²) in [5, 5.41) is 7.70. The number of anilines is 1. The molecule has 1 N–H and O–H groups in total. The number of hydrogen-bond donors (Lipinski definition) is 1. The Morgan fingerprint density at radius 2 is 1.68 bits per heavy atom. The van der Waals surface area contributed by atoms with Crippen molar-refractivity contribution in [3.05, 3.63) is 40.6 Å². The van der Waals surface area contributed by atoms with Crippen molar-refractivity contribution in [3.63, 3.8) is 0 Å². The summed E-state index contributed by atoms with van der Waals surface area (Å²) in [6, 6.07) is 8.22. The van der Waals surface area contributed by atoms with Gasteiger partial charge < -0.3 is 10.2 Å². The van der Waals surface area contributed by atoms with E-state index in [-0.39, 0.29) is 11.7 Å². The standard InChI is InChI=1S/C16H23N5O/c1-12(2)21-16(22)20(13(3)18-21)15-6-4-14(5-7-15)19-10-8-17-9-11-19/h4-7,12,17H,8-11H2,1-3H3. The van der Waals surface area contributed by atoms with Crippen LogP contribution < -0.4 is 15.9 Å². The van der Waals surface area contributed by atoms with E-state index in [1.807, 2.05) is 32.9 Å². The lowest BCUT2D eigenvalue weighted by molar-refractivity contribution is 0.509. The van der Waals surface area contributed by atoms with Gasteiger partial charge >= 0.3 is 5.69 Å². The first-order valence-corrected chi connectivity index (χ1v) is 7.82. The zero-order valence-electron chi connectivity index (χ0n) is 13.4. The minimum absolute atomic E-state index is 0.0626. The maximum Gasteiger partial charge on any atom is 0.350 e. The van der Waals surface area contributed by atoms with Crippen molar-refractivity contribution in [1.29, 1.82) is 0 Å². The van der Waals surface area contributed by atoms with Gasteiger partial charge in [-0.15, -0.1) is 0 Å². The van der Waals surface area contributed by atoms with Crippen LogP contribution in [0.15, 0.2) is 29.1 Å². The van der Waals surface area contributed by atoms with Crippen LogP contribution >= 0.6 is 0 Å². The molecule has 2 aromatic rings. The Bertz CT molecular complexity index is 692. The predicted octanol–water partition coefficient (Wildman–Crippen LogP) is 1.33. The maximum absolute atomic E-state index is 12.5. The average molecular weight is 301 g/mol. The second kappa shape index (κ2) is 5.96. The van der Waals surface area contributed by atoms with E-state index in [1.165, 1.54) is 10.4 Å². The molecule has 22 heavy (non-hydrogen) atoms. The Labute approximate surface area is 130 Å². The summed E-state index contributed by atoms with van der Waals surface area (Å²) in [5.41, 5.74) is 1.99. The molecule has 2 heterocycles. The second-order valence-electron chi connectivity index (χ2n) is 5.96. The molecule has 0 unspecified atom stereocenters. The largest absolute Gasteiger partial charge is 0.369 e. The summed E-state index contributed by atoms with van der Waals surface area (Å²) < 4.78 is 3.20. The second-order valence-corrected chi connectivity index (χ2v) is 5.96. The van der Waals surface area contributed by atoms with Crippen LogP contribution in [-0.4, -0.2) is 40.5 Å². The van der Waals surface area contributed by atoms with E-state index in [9.17, 15) is 4.79 Å². The first kappa shape index (κ1) is 14.8. The number of nitrogens with one attached hydrogen (secondary N) is 1. The van der Waals surface area contributed by atoms with E-state index in [0.717, 1.165) is 31.9 Å². The molecule has 0 saturated carbocycles. The van der Waals surface area contributed by atoms with Crippen molar-refractivity contribution < 1.29 is 0 Å². The van der Waals surface area contributed by atoms with Crippen molar-refractivity contribution in [1.82, 2.24) is 19.7 Å². The normalized spacial score (nSPS) is 15.5. The first-order chi connectivity index (χ1) is 10.6. The van der Waals surface area contributed by atoms with Gasteiger partial charge in [0.2, 0.25) is 0 Å². The summed E-state index contributed by atoms with van der Waals surface area (Å²) in [7, 11) is 0. The van der Waals surface area contributed by atoms with Crippen molar-refractivity contribution in [3.8, 4) is 5.69 Å². The van der Waals surface area contributed by atoms with Crippen LogP contribution in [0.1, 0.15) is 25.7 Å². The van der Waals surface area contributed by atoms with Crippen molar-refractivity contribution in [2.45, 2.75) is 26.8 Å². The van der Waals surface area contributed by atoms with E-state index in [0.29, 0.717) is 5.82 Å². The Kier molecular flexibility index (Phi) is 4.02. The third-order valence-corrected chi connectivity index (χ3v) is 4.04. The molecule has 6 nitrogen and oxygen atoms in total. The molecule has 118 valence electrons. The van der Waals surface area contributed by atoms with Gasteiger partial charge in [-0.2, -0.15) is 5.10 Å². The molecule has 1 aromatic heterocycles. The van der Waals surface area contributed by atoms with Crippen molar-refractivity contribution in [2.24, 2.45) is 0 Å². The smallest absolute Gasteiger partial charge is 0.350 e. The summed E-state index contributed by atoms with van der Waals surface area (Å²) >= 11 is 0. The van der Waals surface area contributed by atoms with E-state index in [2.05, 4.69) is 27.4 Å². The number of nitrogens with zero attached hydrogens (tertiary/aromatic N) is 4. The molecule has 0 amide bonds. The molecule has 6 heteroatoms. The van der Waals surface area contributed by atoms with E-state index < -0.39 is 0 Å². The molecule has 0 spiro atoms. The number of aryl methyl sites for hydroxylation is 1. The van der Waals surface area contributed by atoms with E-state index in [1.54, 1.807) is 4.57 Å². The summed E-state index contributed by atoms with van der Waals surface area (Å²) in [5.74, 6) is 0.716. The fraction of sp³-hybridized carbons (Fsp3) is 0.500. The lowest BCUT2D eigenvalue weighted by Crippen LogP contribution is -2.43. The molecule has 1 aliphatic heterocycles. The van der Waals surface area contributed by atoms with Gasteiger partial charge in [0, 0.05) is 31.9 Å². The summed E-state index contributed by atoms with van der Waals surface area (Å²) in [4.78, 5) is 14.8. The third kappa shape index (κ3) is 2.66. The lowest BCUT2D eigenvalue weighted by Gasteiger charge is -2.29. The zero-order valence-corrected chi connectivity index (χ0v) is 13.4. The highest BCUT2D eigenvalue weighted by Crippen LogP contribution is 2.18. The number of piperazine rings is 1. The highest BCUT2D eigenvalue weighted by atomic mass is 16.2. The van der Waals surface area contributed by atoms with E-state index in [4.69, 9.17) is 0 Å². The highest BCUT2D eigenvalue weighted by Gasteiger charge is 2.15. The van der Waals surface area contributed by atoms with Gasteiger partial charge in [-0.1, -0.05) is 0 Å². The Morgan fingerprint density at radius 1 is 1.09 bits per heavy atom. The lowest BCUT2D eigenvalue weighted by atomic mass is 10.2. The number of benzene rings is 1. The fourth-order valence-electron chi connectivity index (χ4n) is 2.85. The molecule has 1 fully saturated rings. The SMILES string of the molecule is Cc1nn(C(C)C)c(=O)n1-c1ccc(N2CCNCC2)cc1. The number of aromatic nitrogens is 3. The molecular weight excluding hydrogens is 278 g/mol. The molecule has 0 aliphatic carbocycles. The van der Waals surface area contributed by atoms with Gasteiger partial charge in [-0.05, 0) is 45.0 Å². The van der Waals surface area contributed by atoms with Crippen LogP contribution in [0.4, 0.5) is 5.69 Å². The molecule has 3 rings (SSSR count). The van der Waals surface area contributed by atoms with Crippen LogP contribution in [0.25, 0.3) is 5.69 Å². The van der Waals surface area contributed by atoms with Crippen molar-refractivity contribution in [2.75, 3.05) is 31.1 Å². The molecule has 0 bridgehead atoms. The van der Waals surface area contributed by atoms with Gasteiger partial charge in [0.25, 0.3) is 0 Å². The number of hydrogen-bond acceptors (Lipinski definition) is 4.